The first-order valence-electron chi connectivity index (χ1n) is 7.21. The number of rotatable bonds is 3. The minimum atomic E-state index is -4.52. The number of nitrogens with one attached hydrogen (secondary N) is 1. The van der Waals surface area contributed by atoms with Crippen molar-refractivity contribution in [2.45, 2.75) is 38.5 Å². The summed E-state index contributed by atoms with van der Waals surface area (Å²) in [6, 6.07) is 2.57. The molecule has 24 heavy (non-hydrogen) atoms. The number of nitrogens with zero attached hydrogens (tertiary/aromatic N) is 1. The zero-order chi connectivity index (χ0) is 17.2. The first-order valence-corrected chi connectivity index (χ1v) is 7.21. The van der Waals surface area contributed by atoms with Crippen molar-refractivity contribution in [2.75, 3.05) is 11.9 Å². The van der Waals surface area contributed by atoms with Crippen LogP contribution in [0.2, 0.25) is 0 Å². The second-order valence-electron chi connectivity index (χ2n) is 5.48. The Hall–Kier alpha value is -1.80. The molecule has 1 aliphatic rings. The van der Waals surface area contributed by atoms with Crippen molar-refractivity contribution in [1.82, 2.24) is 4.90 Å². The maximum Gasteiger partial charge on any atom is 0.416 e. The summed E-state index contributed by atoms with van der Waals surface area (Å²) in [4.78, 5) is 25.2. The number of nitrogens with two attached hydrogens (primary N) is 1. The van der Waals surface area contributed by atoms with E-state index in [4.69, 9.17) is 5.73 Å². The number of halogens is 4. The summed E-state index contributed by atoms with van der Waals surface area (Å²) in [6.07, 6.45) is -3.34. The highest BCUT2D eigenvalue weighted by molar-refractivity contribution is 5.97. The van der Waals surface area contributed by atoms with Gasteiger partial charge >= 0.3 is 6.18 Å². The van der Waals surface area contributed by atoms with E-state index >= 15 is 0 Å². The van der Waals surface area contributed by atoms with Gasteiger partial charge in [0.15, 0.2) is 0 Å². The zero-order valence-electron chi connectivity index (χ0n) is 13.0. The van der Waals surface area contributed by atoms with Crippen molar-refractivity contribution in [3.8, 4) is 0 Å². The molecule has 134 valence electrons. The highest BCUT2D eigenvalue weighted by Gasteiger charge is 2.34. The molecule has 0 aliphatic carbocycles. The molecule has 1 atom stereocenters. The molecule has 1 aliphatic heterocycles. The molecule has 2 rings (SSSR count). The lowest BCUT2D eigenvalue weighted by Gasteiger charge is -2.22. The molecule has 9 heteroatoms. The lowest BCUT2D eigenvalue weighted by atomic mass is 10.1. The van der Waals surface area contributed by atoms with Crippen LogP contribution in [0.4, 0.5) is 18.9 Å². The van der Waals surface area contributed by atoms with Crippen molar-refractivity contribution in [2.24, 2.45) is 5.73 Å². The van der Waals surface area contributed by atoms with Crippen molar-refractivity contribution >= 4 is 29.9 Å². The quantitative estimate of drug-likeness (QED) is 0.864. The Balaban J connectivity index is 0.00000288. The molecule has 1 saturated heterocycles. The van der Waals surface area contributed by atoms with Gasteiger partial charge in [-0.05, 0) is 36.6 Å². The van der Waals surface area contributed by atoms with Crippen LogP contribution in [0.1, 0.15) is 30.9 Å². The predicted molar refractivity (Wildman–Crippen MR) is 85.6 cm³/mol. The third kappa shape index (κ3) is 4.61. The van der Waals surface area contributed by atoms with Gasteiger partial charge in [0.1, 0.15) is 6.04 Å². The van der Waals surface area contributed by atoms with Crippen LogP contribution < -0.4 is 11.1 Å². The summed E-state index contributed by atoms with van der Waals surface area (Å²) in [5.41, 5.74) is 4.84. The molecule has 0 aromatic heterocycles. The smallest absolute Gasteiger partial charge is 0.331 e. The number of hydrogen-bond donors (Lipinski definition) is 2. The summed E-state index contributed by atoms with van der Waals surface area (Å²) < 4.78 is 38.7. The molecule has 2 amide bonds. The molecule has 1 unspecified atom stereocenters. The van der Waals surface area contributed by atoms with E-state index in [1.165, 1.54) is 17.9 Å². The third-order valence-corrected chi connectivity index (χ3v) is 3.78. The van der Waals surface area contributed by atoms with Crippen LogP contribution in [0.5, 0.6) is 0 Å². The highest BCUT2D eigenvalue weighted by atomic mass is 35.5. The van der Waals surface area contributed by atoms with E-state index in [0.29, 0.717) is 19.4 Å². The number of hydrogen-bond acceptors (Lipinski definition) is 3. The maximum absolute atomic E-state index is 12.9. The van der Waals surface area contributed by atoms with Crippen molar-refractivity contribution in [3.63, 3.8) is 0 Å². The molecule has 1 aromatic rings. The fourth-order valence-corrected chi connectivity index (χ4v) is 2.69. The third-order valence-electron chi connectivity index (χ3n) is 3.78. The molecular formula is C15H19ClF3N3O2. The second kappa shape index (κ2) is 7.85. The Morgan fingerprint density at radius 1 is 1.33 bits per heavy atom. The average Bonchev–Trinajstić information content (AvgIpc) is 2.95. The predicted octanol–water partition coefficient (Wildman–Crippen LogP) is 2.54. The second-order valence-corrected chi connectivity index (χ2v) is 5.48. The number of likely N-dealkylation sites (tertiary alicyclic amines) is 1. The zero-order valence-corrected chi connectivity index (χ0v) is 13.8. The number of carbonyl (C=O) groups is 2. The molecule has 1 heterocycles. The molecule has 0 radical (unpaired) electrons. The van der Waals surface area contributed by atoms with E-state index in [2.05, 4.69) is 5.32 Å². The molecule has 1 fully saturated rings. The van der Waals surface area contributed by atoms with Gasteiger partial charge in [0.2, 0.25) is 11.8 Å². The summed E-state index contributed by atoms with van der Waals surface area (Å²) in [7, 11) is 0. The molecule has 0 spiro atoms. The van der Waals surface area contributed by atoms with Crippen LogP contribution in [-0.4, -0.2) is 29.3 Å². The van der Waals surface area contributed by atoms with Gasteiger partial charge < -0.3 is 16.0 Å². The van der Waals surface area contributed by atoms with Crippen molar-refractivity contribution in [1.29, 1.82) is 0 Å². The first kappa shape index (κ1) is 20.2. The number of alkyl halides is 3. The molecular weight excluding hydrogens is 347 g/mol. The number of benzene rings is 1. The van der Waals surface area contributed by atoms with Gasteiger partial charge in [-0.15, -0.1) is 12.4 Å². The molecule has 1 aromatic carbocycles. The summed E-state index contributed by atoms with van der Waals surface area (Å²) in [5.74, 6) is -0.714. The molecule has 3 N–H and O–H groups in total. The largest absolute Gasteiger partial charge is 0.416 e. The van der Waals surface area contributed by atoms with Gasteiger partial charge in [0.25, 0.3) is 0 Å². The first-order chi connectivity index (χ1) is 10.7. The number of anilines is 1. The van der Waals surface area contributed by atoms with Gasteiger partial charge in [-0.1, -0.05) is 0 Å². The van der Waals surface area contributed by atoms with E-state index < -0.39 is 23.7 Å². The van der Waals surface area contributed by atoms with Crippen molar-refractivity contribution < 1.29 is 22.8 Å². The summed E-state index contributed by atoms with van der Waals surface area (Å²) in [6.45, 7) is 1.77. The van der Waals surface area contributed by atoms with Gasteiger partial charge in [-0.25, -0.2) is 0 Å². The molecule has 0 saturated carbocycles. The monoisotopic (exact) mass is 365 g/mol. The standard InChI is InChI=1S/C15H18F3N3O2.ClH/c1-9(22)21-4-2-3-13(21)14(23)20-12-6-10(8-19)5-11(7-12)15(16,17)18;/h5-7,13H,2-4,8,19H2,1H3,(H,20,23);1H. The SMILES string of the molecule is CC(=O)N1CCCC1C(=O)Nc1cc(CN)cc(C(F)(F)F)c1.Cl. The fourth-order valence-electron chi connectivity index (χ4n) is 2.69. The molecule has 5 nitrogen and oxygen atoms in total. The molecule has 0 bridgehead atoms. The topological polar surface area (TPSA) is 75.4 Å². The van der Waals surface area contributed by atoms with E-state index in [1.807, 2.05) is 0 Å². The number of amides is 2. The Kier molecular flexibility index (Phi) is 6.62. The van der Waals surface area contributed by atoms with Crippen LogP contribution in [-0.2, 0) is 22.3 Å². The maximum atomic E-state index is 12.9. The Morgan fingerprint density at radius 2 is 2.00 bits per heavy atom. The lowest BCUT2D eigenvalue weighted by Crippen LogP contribution is -2.42. The Bertz CT molecular complexity index is 622. The minimum absolute atomic E-state index is 0. The van der Waals surface area contributed by atoms with E-state index in [0.717, 1.165) is 12.1 Å². The minimum Gasteiger partial charge on any atom is -0.331 e. The van der Waals surface area contributed by atoms with E-state index in [1.54, 1.807) is 0 Å². The van der Waals surface area contributed by atoms with Gasteiger partial charge in [0.05, 0.1) is 5.56 Å². The van der Waals surface area contributed by atoms with Crippen LogP contribution in [0, 0.1) is 0 Å². The fraction of sp³-hybridized carbons (Fsp3) is 0.467. The normalized spacial score (nSPS) is 17.4. The average molecular weight is 366 g/mol. The Labute approximate surface area is 143 Å². The van der Waals surface area contributed by atoms with Crippen LogP contribution >= 0.6 is 12.4 Å². The summed E-state index contributed by atoms with van der Waals surface area (Å²) >= 11 is 0. The van der Waals surface area contributed by atoms with E-state index in [-0.39, 0.29) is 36.1 Å². The Morgan fingerprint density at radius 3 is 2.54 bits per heavy atom. The van der Waals surface area contributed by atoms with Crippen LogP contribution in [0.25, 0.3) is 0 Å². The van der Waals surface area contributed by atoms with Gasteiger partial charge in [-0.3, -0.25) is 9.59 Å². The van der Waals surface area contributed by atoms with Crippen LogP contribution in [0.15, 0.2) is 18.2 Å². The summed E-state index contributed by atoms with van der Waals surface area (Å²) in [5, 5.41) is 2.47. The van der Waals surface area contributed by atoms with Gasteiger partial charge in [-0.2, -0.15) is 13.2 Å². The van der Waals surface area contributed by atoms with Crippen LogP contribution in [0.3, 0.4) is 0 Å². The highest BCUT2D eigenvalue weighted by Crippen LogP contribution is 2.32. The van der Waals surface area contributed by atoms with Gasteiger partial charge in [0, 0.05) is 25.7 Å². The van der Waals surface area contributed by atoms with E-state index in [9.17, 15) is 22.8 Å². The lowest BCUT2D eigenvalue weighted by molar-refractivity contribution is -0.137. The number of carbonyl (C=O) groups excluding carboxylic acids is 2. The van der Waals surface area contributed by atoms with Crippen molar-refractivity contribution in [3.05, 3.63) is 29.3 Å².